The second-order valence-corrected chi connectivity index (χ2v) is 8.47. The van der Waals surface area contributed by atoms with E-state index in [9.17, 15) is 5.11 Å². The van der Waals surface area contributed by atoms with E-state index < -0.39 is 0 Å². The maximum absolute atomic E-state index is 9.73. The Balaban J connectivity index is 1.40. The Morgan fingerprint density at radius 1 is 1.00 bits per heavy atom. The Labute approximate surface area is 176 Å². The normalized spacial score (nSPS) is 23.1. The molecule has 0 spiro atoms. The molecule has 1 aliphatic carbocycles. The summed E-state index contributed by atoms with van der Waals surface area (Å²) in [7, 11) is 2.16. The molecule has 2 N–H and O–H groups in total. The molecule has 1 saturated heterocycles. The Morgan fingerprint density at radius 3 is 2.60 bits per heavy atom. The number of aliphatic hydroxyl groups excluding tert-OH is 1. The van der Waals surface area contributed by atoms with Crippen molar-refractivity contribution in [2.24, 2.45) is 0 Å². The fraction of sp³-hybridized carbons (Fsp3) is 0.500. The van der Waals surface area contributed by atoms with E-state index in [1.54, 1.807) is 0 Å². The zero-order chi connectivity index (χ0) is 20.5. The first kappa shape index (κ1) is 19.3. The van der Waals surface area contributed by atoms with Crippen LogP contribution in [0.4, 0.5) is 11.6 Å². The number of rotatable bonds is 4. The largest absolute Gasteiger partial charge is 0.393 e. The lowest BCUT2D eigenvalue weighted by Crippen LogP contribution is -2.44. The zero-order valence-electron chi connectivity index (χ0n) is 17.4. The van der Waals surface area contributed by atoms with E-state index >= 15 is 0 Å². The van der Waals surface area contributed by atoms with Gasteiger partial charge in [-0.05, 0) is 57.0 Å². The first-order chi connectivity index (χ1) is 14.7. The molecule has 3 aromatic rings. The molecule has 1 aliphatic heterocycles. The van der Waals surface area contributed by atoms with E-state index in [1.807, 2.05) is 35.1 Å². The molecule has 4 heterocycles. The van der Waals surface area contributed by atoms with Crippen LogP contribution in [0.2, 0.25) is 0 Å². The molecule has 158 valence electrons. The second-order valence-electron chi connectivity index (χ2n) is 8.47. The van der Waals surface area contributed by atoms with Gasteiger partial charge in [-0.2, -0.15) is 0 Å². The van der Waals surface area contributed by atoms with E-state index in [-0.39, 0.29) is 6.10 Å². The number of anilines is 2. The minimum absolute atomic E-state index is 0.153. The molecule has 0 atom stereocenters. The van der Waals surface area contributed by atoms with Gasteiger partial charge in [0.05, 0.1) is 18.0 Å². The Kier molecular flexibility index (Phi) is 5.26. The highest BCUT2D eigenvalue weighted by molar-refractivity contribution is 5.66. The van der Waals surface area contributed by atoms with E-state index in [0.717, 1.165) is 80.4 Å². The predicted octanol–water partition coefficient (Wildman–Crippen LogP) is 2.26. The van der Waals surface area contributed by atoms with E-state index in [4.69, 9.17) is 5.10 Å². The van der Waals surface area contributed by atoms with Crippen LogP contribution in [0.25, 0.3) is 16.9 Å². The Morgan fingerprint density at radius 2 is 1.80 bits per heavy atom. The van der Waals surface area contributed by atoms with Gasteiger partial charge in [-0.1, -0.05) is 0 Å². The minimum atomic E-state index is -0.153. The van der Waals surface area contributed by atoms with Crippen molar-refractivity contribution < 1.29 is 5.11 Å². The van der Waals surface area contributed by atoms with Gasteiger partial charge in [-0.15, -0.1) is 5.10 Å². The van der Waals surface area contributed by atoms with Crippen molar-refractivity contribution in [3.8, 4) is 11.3 Å². The van der Waals surface area contributed by atoms with Gasteiger partial charge < -0.3 is 20.2 Å². The molecule has 2 aliphatic rings. The van der Waals surface area contributed by atoms with E-state index in [2.05, 4.69) is 38.2 Å². The molecule has 5 rings (SSSR count). The summed E-state index contributed by atoms with van der Waals surface area (Å²) in [6, 6.07) is 8.50. The lowest BCUT2D eigenvalue weighted by Gasteiger charge is -2.33. The quantitative estimate of drug-likeness (QED) is 0.686. The molecule has 1 saturated carbocycles. The molecule has 8 heteroatoms. The van der Waals surface area contributed by atoms with Crippen molar-refractivity contribution in [3.63, 3.8) is 0 Å². The van der Waals surface area contributed by atoms with Crippen LogP contribution >= 0.6 is 0 Å². The van der Waals surface area contributed by atoms with Gasteiger partial charge in [0.1, 0.15) is 11.6 Å². The predicted molar refractivity (Wildman–Crippen MR) is 118 cm³/mol. The highest BCUT2D eigenvalue weighted by Crippen LogP contribution is 2.26. The van der Waals surface area contributed by atoms with Crippen molar-refractivity contribution >= 4 is 17.3 Å². The molecule has 30 heavy (non-hydrogen) atoms. The van der Waals surface area contributed by atoms with Gasteiger partial charge in [-0.25, -0.2) is 14.5 Å². The van der Waals surface area contributed by atoms with E-state index in [0.29, 0.717) is 6.04 Å². The molecule has 8 nitrogen and oxygen atoms in total. The first-order valence-corrected chi connectivity index (χ1v) is 10.8. The standard InChI is InChI=1S/C22H29N7O/c1-27-10-12-28(13-11-27)22-14-16(8-9-23-22)19-15-24-21-7-6-20(26-29(19)21)25-17-2-4-18(30)5-3-17/h6-9,14-15,17-18,30H,2-5,10-13H2,1H3,(H,25,26). The van der Waals surface area contributed by atoms with Crippen LogP contribution in [-0.2, 0) is 0 Å². The second kappa shape index (κ2) is 8.20. The number of hydrogen-bond donors (Lipinski definition) is 2. The SMILES string of the molecule is CN1CCN(c2cc(-c3cnc4ccc(NC5CCC(O)CC5)nn34)ccn2)CC1. The molecule has 0 aromatic carbocycles. The fourth-order valence-electron chi connectivity index (χ4n) is 4.36. The summed E-state index contributed by atoms with van der Waals surface area (Å²) in [5.41, 5.74) is 2.86. The number of nitrogens with zero attached hydrogens (tertiary/aromatic N) is 6. The third-order valence-corrected chi connectivity index (χ3v) is 6.28. The zero-order valence-corrected chi connectivity index (χ0v) is 17.4. The summed E-state index contributed by atoms with van der Waals surface area (Å²) in [5, 5.41) is 18.1. The molecule has 0 bridgehead atoms. The molecular formula is C22H29N7O. The lowest BCUT2D eigenvalue weighted by molar-refractivity contribution is 0.126. The van der Waals surface area contributed by atoms with Crippen LogP contribution in [0, 0.1) is 0 Å². The number of pyridine rings is 1. The number of hydrogen-bond acceptors (Lipinski definition) is 7. The lowest BCUT2D eigenvalue weighted by atomic mass is 9.93. The number of fused-ring (bicyclic) bond motifs is 1. The van der Waals surface area contributed by atoms with Crippen LogP contribution in [0.15, 0.2) is 36.7 Å². The molecule has 0 radical (unpaired) electrons. The number of likely N-dealkylation sites (N-methyl/N-ethyl adjacent to an activating group) is 1. The summed E-state index contributed by atoms with van der Waals surface area (Å²) in [6.07, 6.45) is 7.24. The van der Waals surface area contributed by atoms with Crippen molar-refractivity contribution in [2.45, 2.75) is 37.8 Å². The maximum atomic E-state index is 9.73. The number of imidazole rings is 1. The minimum Gasteiger partial charge on any atom is -0.393 e. The van der Waals surface area contributed by atoms with Gasteiger partial charge in [0.15, 0.2) is 5.65 Å². The van der Waals surface area contributed by atoms with Crippen LogP contribution in [0.5, 0.6) is 0 Å². The number of nitrogens with one attached hydrogen (secondary N) is 1. The molecular weight excluding hydrogens is 378 g/mol. The molecule has 3 aromatic heterocycles. The van der Waals surface area contributed by atoms with Gasteiger partial charge >= 0.3 is 0 Å². The Bertz CT molecular complexity index is 1000. The summed E-state index contributed by atoms with van der Waals surface area (Å²) in [6.45, 7) is 4.08. The monoisotopic (exact) mass is 407 g/mol. The number of piperazine rings is 1. The van der Waals surface area contributed by atoms with Crippen LogP contribution in [-0.4, -0.2) is 75.0 Å². The average molecular weight is 408 g/mol. The highest BCUT2D eigenvalue weighted by atomic mass is 16.3. The third-order valence-electron chi connectivity index (χ3n) is 6.28. The molecule has 0 amide bonds. The third kappa shape index (κ3) is 3.97. The topological polar surface area (TPSA) is 81.8 Å². The maximum Gasteiger partial charge on any atom is 0.154 e. The smallest absolute Gasteiger partial charge is 0.154 e. The van der Waals surface area contributed by atoms with Gasteiger partial charge in [0.2, 0.25) is 0 Å². The number of aliphatic hydroxyl groups is 1. The van der Waals surface area contributed by atoms with Crippen LogP contribution < -0.4 is 10.2 Å². The summed E-state index contributed by atoms with van der Waals surface area (Å²) < 4.78 is 1.91. The highest BCUT2D eigenvalue weighted by Gasteiger charge is 2.20. The summed E-state index contributed by atoms with van der Waals surface area (Å²) in [4.78, 5) is 13.8. The van der Waals surface area contributed by atoms with Crippen LogP contribution in [0.1, 0.15) is 25.7 Å². The van der Waals surface area contributed by atoms with E-state index in [1.165, 1.54) is 0 Å². The van der Waals surface area contributed by atoms with Crippen molar-refractivity contribution in [1.29, 1.82) is 0 Å². The first-order valence-electron chi connectivity index (χ1n) is 10.8. The van der Waals surface area contributed by atoms with Crippen molar-refractivity contribution in [1.82, 2.24) is 24.5 Å². The van der Waals surface area contributed by atoms with Crippen molar-refractivity contribution in [2.75, 3.05) is 43.4 Å². The van der Waals surface area contributed by atoms with Gasteiger partial charge in [0.25, 0.3) is 0 Å². The summed E-state index contributed by atoms with van der Waals surface area (Å²) in [5.74, 6) is 1.85. The Hall–Kier alpha value is -2.71. The van der Waals surface area contributed by atoms with Crippen molar-refractivity contribution in [3.05, 3.63) is 36.7 Å². The summed E-state index contributed by atoms with van der Waals surface area (Å²) >= 11 is 0. The molecule has 0 unspecified atom stereocenters. The fourth-order valence-corrected chi connectivity index (χ4v) is 4.36. The molecule has 2 fully saturated rings. The van der Waals surface area contributed by atoms with Gasteiger partial charge in [0, 0.05) is 44.0 Å². The van der Waals surface area contributed by atoms with Crippen LogP contribution in [0.3, 0.4) is 0 Å². The average Bonchev–Trinajstić information content (AvgIpc) is 3.19. The van der Waals surface area contributed by atoms with Gasteiger partial charge in [-0.3, -0.25) is 0 Å². The number of aromatic nitrogens is 4.